The molecule has 0 spiro atoms. The zero-order valence-corrected chi connectivity index (χ0v) is 5.39. The molecular weight excluding hydrogens is 114 g/mol. The molecule has 1 amide bonds. The third kappa shape index (κ3) is 1.56. The maximum atomic E-state index is 10.3. The Morgan fingerprint density at radius 2 is 2.56 bits per heavy atom. The number of β-lactam (4-membered cyclic amide) rings is 1. The maximum absolute atomic E-state index is 10.3. The normalized spacial score (nSPS) is 24.4. The molecule has 1 heterocycles. The Morgan fingerprint density at radius 3 is 3.00 bits per heavy atom. The SMILES string of the molecule is C=CCCC1CC(=O)N1. The first kappa shape index (κ1) is 6.33. The minimum Gasteiger partial charge on any atom is -0.353 e. The summed E-state index contributed by atoms with van der Waals surface area (Å²) in [6, 6.07) is 0.440. The first-order chi connectivity index (χ1) is 4.33. The van der Waals surface area contributed by atoms with Gasteiger partial charge in [0.15, 0.2) is 0 Å². The first-order valence-electron chi connectivity index (χ1n) is 3.23. The van der Waals surface area contributed by atoms with Gasteiger partial charge in [-0.3, -0.25) is 4.79 Å². The molecule has 1 fully saturated rings. The molecule has 0 saturated carbocycles. The van der Waals surface area contributed by atoms with Crippen LogP contribution in [0.1, 0.15) is 19.3 Å². The van der Waals surface area contributed by atoms with Crippen molar-refractivity contribution in [2.75, 3.05) is 0 Å². The Kier molecular flexibility index (Phi) is 1.88. The third-order valence-corrected chi connectivity index (χ3v) is 1.52. The minimum absolute atomic E-state index is 0.184. The molecule has 1 rings (SSSR count). The molecule has 0 aromatic carbocycles. The molecule has 2 heteroatoms. The van der Waals surface area contributed by atoms with Crippen molar-refractivity contribution in [2.24, 2.45) is 0 Å². The van der Waals surface area contributed by atoms with Crippen LogP contribution >= 0.6 is 0 Å². The van der Waals surface area contributed by atoms with Gasteiger partial charge in [0.2, 0.25) is 5.91 Å². The summed E-state index contributed by atoms with van der Waals surface area (Å²) in [6.07, 6.45) is 4.65. The van der Waals surface area contributed by atoms with Gasteiger partial charge in [-0.15, -0.1) is 6.58 Å². The van der Waals surface area contributed by atoms with E-state index in [0.717, 1.165) is 12.8 Å². The number of hydrogen-bond donors (Lipinski definition) is 1. The molecule has 0 aromatic heterocycles. The lowest BCUT2D eigenvalue weighted by molar-refractivity contribution is -0.128. The van der Waals surface area contributed by atoms with Crippen molar-refractivity contribution in [3.63, 3.8) is 0 Å². The molecule has 1 saturated heterocycles. The number of nitrogens with one attached hydrogen (secondary N) is 1. The number of allylic oxidation sites excluding steroid dienone is 1. The summed E-state index contributed by atoms with van der Waals surface area (Å²) >= 11 is 0. The second-order valence-electron chi connectivity index (χ2n) is 2.33. The van der Waals surface area contributed by atoms with Crippen LogP contribution in [0.15, 0.2) is 12.7 Å². The quantitative estimate of drug-likeness (QED) is 0.439. The second-order valence-corrected chi connectivity index (χ2v) is 2.33. The lowest BCUT2D eigenvalue weighted by Gasteiger charge is -2.26. The van der Waals surface area contributed by atoms with Gasteiger partial charge in [0.05, 0.1) is 0 Å². The van der Waals surface area contributed by atoms with E-state index in [4.69, 9.17) is 0 Å². The molecule has 1 N–H and O–H groups in total. The molecule has 1 aliphatic rings. The van der Waals surface area contributed by atoms with Crippen LogP contribution in [-0.2, 0) is 4.79 Å². The molecule has 0 bridgehead atoms. The van der Waals surface area contributed by atoms with Crippen LogP contribution in [0.3, 0.4) is 0 Å². The predicted octanol–water partition coefficient (Wildman–Crippen LogP) is 0.841. The number of carbonyl (C=O) groups is 1. The standard InChI is InChI=1S/C7H11NO/c1-2-3-4-6-5-7(9)8-6/h2,6H,1,3-5H2,(H,8,9). The van der Waals surface area contributed by atoms with Crippen LogP contribution in [0.5, 0.6) is 0 Å². The monoisotopic (exact) mass is 125 g/mol. The summed E-state index contributed by atoms with van der Waals surface area (Å²) in [5.41, 5.74) is 0. The number of amides is 1. The molecule has 0 aliphatic carbocycles. The predicted molar refractivity (Wildman–Crippen MR) is 36.0 cm³/mol. The van der Waals surface area contributed by atoms with Crippen LogP contribution in [-0.4, -0.2) is 11.9 Å². The topological polar surface area (TPSA) is 29.1 Å². The summed E-state index contributed by atoms with van der Waals surface area (Å²) in [7, 11) is 0. The fourth-order valence-corrected chi connectivity index (χ4v) is 0.924. The van der Waals surface area contributed by atoms with E-state index < -0.39 is 0 Å². The van der Waals surface area contributed by atoms with E-state index >= 15 is 0 Å². The van der Waals surface area contributed by atoms with E-state index in [1.165, 1.54) is 0 Å². The lowest BCUT2D eigenvalue weighted by atomic mass is 10.0. The summed E-state index contributed by atoms with van der Waals surface area (Å²) in [4.78, 5) is 10.3. The molecular formula is C7H11NO. The number of hydrogen-bond acceptors (Lipinski definition) is 1. The van der Waals surface area contributed by atoms with Crippen molar-refractivity contribution in [1.29, 1.82) is 0 Å². The van der Waals surface area contributed by atoms with Gasteiger partial charge in [-0.25, -0.2) is 0 Å². The molecule has 0 radical (unpaired) electrons. The van der Waals surface area contributed by atoms with Gasteiger partial charge < -0.3 is 5.32 Å². The highest BCUT2D eigenvalue weighted by Gasteiger charge is 2.23. The Bertz CT molecular complexity index is 123. The first-order valence-corrected chi connectivity index (χ1v) is 3.23. The molecule has 0 aromatic rings. The van der Waals surface area contributed by atoms with E-state index in [1.807, 2.05) is 6.08 Å². The van der Waals surface area contributed by atoms with Gasteiger partial charge in [-0.05, 0) is 12.8 Å². The van der Waals surface area contributed by atoms with E-state index in [9.17, 15) is 4.79 Å². The molecule has 9 heavy (non-hydrogen) atoms. The van der Waals surface area contributed by atoms with Crippen LogP contribution in [0.25, 0.3) is 0 Å². The van der Waals surface area contributed by atoms with Crippen molar-refractivity contribution in [3.05, 3.63) is 12.7 Å². The molecule has 1 aliphatic heterocycles. The van der Waals surface area contributed by atoms with Crippen molar-refractivity contribution in [1.82, 2.24) is 5.32 Å². The maximum Gasteiger partial charge on any atom is 0.222 e. The largest absolute Gasteiger partial charge is 0.353 e. The van der Waals surface area contributed by atoms with E-state index in [0.29, 0.717) is 12.5 Å². The van der Waals surface area contributed by atoms with Gasteiger partial charge >= 0.3 is 0 Å². The Labute approximate surface area is 54.9 Å². The van der Waals surface area contributed by atoms with Crippen molar-refractivity contribution in [3.8, 4) is 0 Å². The fourth-order valence-electron chi connectivity index (χ4n) is 0.924. The van der Waals surface area contributed by atoms with Crippen LogP contribution in [0.4, 0.5) is 0 Å². The summed E-state index contributed by atoms with van der Waals surface area (Å²) in [5, 5.41) is 2.79. The van der Waals surface area contributed by atoms with Gasteiger partial charge in [0, 0.05) is 12.5 Å². The highest BCUT2D eigenvalue weighted by Crippen LogP contribution is 2.09. The molecule has 1 atom stereocenters. The Morgan fingerprint density at radius 1 is 1.89 bits per heavy atom. The van der Waals surface area contributed by atoms with Crippen molar-refractivity contribution < 1.29 is 4.79 Å². The Balaban J connectivity index is 2.03. The van der Waals surface area contributed by atoms with Crippen molar-refractivity contribution in [2.45, 2.75) is 25.3 Å². The summed E-state index contributed by atoms with van der Waals surface area (Å²) in [5.74, 6) is 0.184. The van der Waals surface area contributed by atoms with Gasteiger partial charge in [0.25, 0.3) is 0 Å². The number of carbonyl (C=O) groups excluding carboxylic acids is 1. The fraction of sp³-hybridized carbons (Fsp3) is 0.571. The van der Waals surface area contributed by atoms with E-state index in [2.05, 4.69) is 11.9 Å². The van der Waals surface area contributed by atoms with Gasteiger partial charge in [-0.2, -0.15) is 0 Å². The zero-order chi connectivity index (χ0) is 6.69. The average molecular weight is 125 g/mol. The van der Waals surface area contributed by atoms with E-state index in [1.54, 1.807) is 0 Å². The van der Waals surface area contributed by atoms with Crippen LogP contribution < -0.4 is 5.32 Å². The highest BCUT2D eigenvalue weighted by molar-refractivity contribution is 5.82. The second kappa shape index (κ2) is 2.67. The molecule has 1 unspecified atom stereocenters. The molecule has 50 valence electrons. The van der Waals surface area contributed by atoms with Gasteiger partial charge in [-0.1, -0.05) is 6.08 Å². The summed E-state index contributed by atoms with van der Waals surface area (Å²) < 4.78 is 0. The zero-order valence-electron chi connectivity index (χ0n) is 5.39. The highest BCUT2D eigenvalue weighted by atomic mass is 16.2. The lowest BCUT2D eigenvalue weighted by Crippen LogP contribution is -2.48. The average Bonchev–Trinajstić information content (AvgIpc) is 1.78. The third-order valence-electron chi connectivity index (χ3n) is 1.52. The summed E-state index contributed by atoms with van der Waals surface area (Å²) in [6.45, 7) is 3.60. The van der Waals surface area contributed by atoms with Crippen LogP contribution in [0.2, 0.25) is 0 Å². The van der Waals surface area contributed by atoms with E-state index in [-0.39, 0.29) is 5.91 Å². The Hall–Kier alpha value is -0.790. The smallest absolute Gasteiger partial charge is 0.222 e. The molecule has 2 nitrogen and oxygen atoms in total. The van der Waals surface area contributed by atoms with Gasteiger partial charge in [0.1, 0.15) is 0 Å². The number of rotatable bonds is 3. The van der Waals surface area contributed by atoms with Crippen LogP contribution in [0, 0.1) is 0 Å². The minimum atomic E-state index is 0.184. The van der Waals surface area contributed by atoms with Crippen molar-refractivity contribution >= 4 is 5.91 Å².